The summed E-state index contributed by atoms with van der Waals surface area (Å²) in [4.78, 5) is 10.7. The van der Waals surface area contributed by atoms with Gasteiger partial charge in [-0.05, 0) is 48.1 Å². The molecule has 0 spiro atoms. The minimum absolute atomic E-state index is 0.0909. The fourth-order valence-electron chi connectivity index (χ4n) is 0.780. The van der Waals surface area contributed by atoms with Crippen molar-refractivity contribution in [1.82, 2.24) is 0 Å². The highest BCUT2D eigenvalue weighted by molar-refractivity contribution is 7.82. The Morgan fingerprint density at radius 3 is 2.31 bits per heavy atom. The first-order valence-corrected chi connectivity index (χ1v) is 4.15. The smallest absolute Gasteiger partial charge is 0.260 e. The first-order valence-electron chi connectivity index (χ1n) is 3.37. The molecular weight excluding hydrogens is 210 g/mol. The maximum atomic E-state index is 10.7. The van der Waals surface area contributed by atoms with Crippen molar-refractivity contribution in [3.63, 3.8) is 0 Å². The predicted octanol–water partition coefficient (Wildman–Crippen LogP) is 1.69. The number of primary amides is 1. The number of halogens is 1. The molecule has 13 heavy (non-hydrogen) atoms. The molecule has 0 aliphatic heterocycles. The second kappa shape index (κ2) is 4.20. The lowest BCUT2D eigenvalue weighted by Gasteiger charge is -2.01. The van der Waals surface area contributed by atoms with Gasteiger partial charge in [-0.15, -0.1) is 0 Å². The Hall–Kier alpha value is -1.13. The lowest BCUT2D eigenvalue weighted by molar-refractivity contribution is 0.100. The standard InChI is InChI=1S/C8H6ClNO2S/c9-8(13)12-6-3-1-5(2-4-6)7(10)11/h1-4H,(H2,10,11). The molecule has 0 saturated carbocycles. The molecule has 0 atom stereocenters. The number of carbonyl (C=O) groups is 1. The molecule has 1 amide bonds. The SMILES string of the molecule is NC(=O)c1ccc(OC(=S)Cl)cc1. The number of thiocarbonyl (C=S) groups is 1. The van der Waals surface area contributed by atoms with Crippen LogP contribution >= 0.6 is 23.8 Å². The van der Waals surface area contributed by atoms with E-state index in [1.807, 2.05) is 0 Å². The lowest BCUT2D eigenvalue weighted by atomic mass is 10.2. The van der Waals surface area contributed by atoms with Gasteiger partial charge in [-0.3, -0.25) is 4.79 Å². The van der Waals surface area contributed by atoms with E-state index in [9.17, 15) is 4.79 Å². The van der Waals surface area contributed by atoms with Crippen LogP contribution in [0.25, 0.3) is 0 Å². The summed E-state index contributed by atoms with van der Waals surface area (Å²) in [7, 11) is 0. The summed E-state index contributed by atoms with van der Waals surface area (Å²) in [5.41, 5.74) is 5.44. The van der Waals surface area contributed by atoms with Gasteiger partial charge in [-0.25, -0.2) is 0 Å². The number of nitrogens with two attached hydrogens (primary N) is 1. The number of benzene rings is 1. The molecule has 0 radical (unpaired) electrons. The van der Waals surface area contributed by atoms with Gasteiger partial charge in [-0.2, -0.15) is 0 Å². The van der Waals surface area contributed by atoms with E-state index in [1.54, 1.807) is 12.1 Å². The maximum Gasteiger partial charge on any atom is 0.260 e. The first-order chi connectivity index (χ1) is 6.09. The number of hydrogen-bond donors (Lipinski definition) is 1. The highest BCUT2D eigenvalue weighted by Crippen LogP contribution is 2.12. The summed E-state index contributed by atoms with van der Waals surface area (Å²) < 4.78 is 4.80. The molecule has 0 aromatic heterocycles. The van der Waals surface area contributed by atoms with E-state index >= 15 is 0 Å². The summed E-state index contributed by atoms with van der Waals surface area (Å²) in [5.74, 6) is -0.00926. The molecule has 0 fully saturated rings. The molecule has 5 heteroatoms. The van der Waals surface area contributed by atoms with Crippen molar-refractivity contribution in [2.45, 2.75) is 0 Å². The molecule has 1 rings (SSSR count). The fraction of sp³-hybridized carbons (Fsp3) is 0. The number of amides is 1. The van der Waals surface area contributed by atoms with Crippen LogP contribution in [0, 0.1) is 0 Å². The van der Waals surface area contributed by atoms with Gasteiger partial charge in [0, 0.05) is 5.56 Å². The van der Waals surface area contributed by atoms with E-state index in [4.69, 9.17) is 22.1 Å². The monoisotopic (exact) mass is 215 g/mol. The molecular formula is C8H6ClNO2S. The molecule has 68 valence electrons. The summed E-state index contributed by atoms with van der Waals surface area (Å²) in [6, 6.07) is 6.20. The van der Waals surface area contributed by atoms with Gasteiger partial charge in [0.1, 0.15) is 5.75 Å². The van der Waals surface area contributed by atoms with Crippen LogP contribution in [0.1, 0.15) is 10.4 Å². The molecule has 0 saturated heterocycles. The third-order valence-corrected chi connectivity index (χ3v) is 1.50. The summed E-state index contributed by atoms with van der Waals surface area (Å²) in [6.45, 7) is 0. The highest BCUT2D eigenvalue weighted by atomic mass is 35.5. The van der Waals surface area contributed by atoms with Crippen molar-refractivity contribution in [1.29, 1.82) is 0 Å². The average molecular weight is 216 g/mol. The second-order valence-electron chi connectivity index (χ2n) is 2.23. The van der Waals surface area contributed by atoms with Crippen molar-refractivity contribution in [2.24, 2.45) is 5.73 Å². The van der Waals surface area contributed by atoms with E-state index < -0.39 is 5.91 Å². The van der Waals surface area contributed by atoms with Gasteiger partial charge in [-0.1, -0.05) is 0 Å². The molecule has 0 bridgehead atoms. The van der Waals surface area contributed by atoms with E-state index in [-0.39, 0.29) is 4.51 Å². The Balaban J connectivity index is 2.81. The third kappa shape index (κ3) is 3.01. The van der Waals surface area contributed by atoms with Crippen molar-refractivity contribution < 1.29 is 9.53 Å². The fourth-order valence-corrected chi connectivity index (χ4v) is 0.965. The summed E-state index contributed by atoms with van der Waals surface area (Å²) >= 11 is 9.85. The Morgan fingerprint density at radius 1 is 1.38 bits per heavy atom. The zero-order valence-corrected chi connectivity index (χ0v) is 8.06. The number of carbonyl (C=O) groups excluding carboxylic acids is 1. The zero-order valence-electron chi connectivity index (χ0n) is 6.49. The van der Waals surface area contributed by atoms with E-state index in [2.05, 4.69) is 12.2 Å². The maximum absolute atomic E-state index is 10.7. The van der Waals surface area contributed by atoms with Crippen LogP contribution in [0.15, 0.2) is 24.3 Å². The van der Waals surface area contributed by atoms with Gasteiger partial charge >= 0.3 is 0 Å². The van der Waals surface area contributed by atoms with Gasteiger partial charge in [0.25, 0.3) is 4.51 Å². The number of rotatable bonds is 2. The Kier molecular flexibility index (Phi) is 3.22. The van der Waals surface area contributed by atoms with E-state index in [1.165, 1.54) is 12.1 Å². The van der Waals surface area contributed by atoms with Gasteiger partial charge < -0.3 is 10.5 Å². The topological polar surface area (TPSA) is 52.3 Å². The van der Waals surface area contributed by atoms with Crippen molar-refractivity contribution in [2.75, 3.05) is 0 Å². The first kappa shape index (κ1) is 9.95. The van der Waals surface area contributed by atoms with Crippen LogP contribution < -0.4 is 10.5 Å². The minimum atomic E-state index is -0.486. The van der Waals surface area contributed by atoms with Crippen LogP contribution in [0.5, 0.6) is 5.75 Å². The highest BCUT2D eigenvalue weighted by Gasteiger charge is 2.00. The van der Waals surface area contributed by atoms with Crippen LogP contribution in [-0.2, 0) is 0 Å². The van der Waals surface area contributed by atoms with Crippen LogP contribution in [0.3, 0.4) is 0 Å². The summed E-state index contributed by atoms with van der Waals surface area (Å²) in [5, 5.41) is 0. The number of hydrogen-bond acceptors (Lipinski definition) is 3. The third-order valence-electron chi connectivity index (χ3n) is 1.34. The average Bonchev–Trinajstić information content (AvgIpc) is 2.04. The molecule has 1 aromatic rings. The molecule has 3 nitrogen and oxygen atoms in total. The van der Waals surface area contributed by atoms with Crippen LogP contribution in [0.4, 0.5) is 0 Å². The largest absolute Gasteiger partial charge is 0.436 e. The quantitative estimate of drug-likeness (QED) is 0.603. The summed E-state index contributed by atoms with van der Waals surface area (Å²) in [6.07, 6.45) is 0. The van der Waals surface area contributed by atoms with Crippen molar-refractivity contribution in [3.8, 4) is 5.75 Å². The second-order valence-corrected chi connectivity index (χ2v) is 3.17. The Bertz CT molecular complexity index is 337. The van der Waals surface area contributed by atoms with Gasteiger partial charge in [0.2, 0.25) is 5.91 Å². The molecule has 0 unspecified atom stereocenters. The van der Waals surface area contributed by atoms with Crippen molar-refractivity contribution in [3.05, 3.63) is 29.8 Å². The van der Waals surface area contributed by atoms with Crippen LogP contribution in [0.2, 0.25) is 0 Å². The normalized spacial score (nSPS) is 9.31. The molecule has 0 aliphatic rings. The van der Waals surface area contributed by atoms with E-state index in [0.29, 0.717) is 11.3 Å². The molecule has 1 aromatic carbocycles. The Labute approximate surface area is 85.4 Å². The van der Waals surface area contributed by atoms with E-state index in [0.717, 1.165) is 0 Å². The van der Waals surface area contributed by atoms with Crippen LogP contribution in [-0.4, -0.2) is 10.4 Å². The molecule has 2 N–H and O–H groups in total. The predicted molar refractivity (Wildman–Crippen MR) is 54.0 cm³/mol. The zero-order chi connectivity index (χ0) is 9.84. The minimum Gasteiger partial charge on any atom is -0.436 e. The van der Waals surface area contributed by atoms with Gasteiger partial charge in [0.05, 0.1) is 0 Å². The van der Waals surface area contributed by atoms with Gasteiger partial charge in [0.15, 0.2) is 0 Å². The molecule has 0 heterocycles. The molecule has 0 aliphatic carbocycles. The lowest BCUT2D eigenvalue weighted by Crippen LogP contribution is -2.10. The van der Waals surface area contributed by atoms with Crippen molar-refractivity contribution >= 4 is 34.2 Å². The number of ether oxygens (including phenoxy) is 1. The Morgan fingerprint density at radius 2 is 1.92 bits per heavy atom.